The van der Waals surface area contributed by atoms with Gasteiger partial charge in [-0.2, -0.15) is 0 Å². The number of benzene rings is 1. The van der Waals surface area contributed by atoms with Crippen LogP contribution in [0, 0.1) is 5.92 Å². The third-order valence-corrected chi connectivity index (χ3v) is 5.67. The first-order valence-electron chi connectivity index (χ1n) is 11.3. The van der Waals surface area contributed by atoms with E-state index in [9.17, 15) is 9.59 Å². The summed E-state index contributed by atoms with van der Waals surface area (Å²) in [5, 5.41) is 3.03. The monoisotopic (exact) mass is 426 g/mol. The fourth-order valence-corrected chi connectivity index (χ4v) is 3.58. The SMILES string of the molecule is CCc1ccccc1NC(=O)N(CC(=O)N(Cc1cccn1C)CC(C)C)[C@H](C)CC. The fraction of sp³-hybridized carbons (Fsp3) is 0.520. The molecule has 1 aromatic carbocycles. The van der Waals surface area contributed by atoms with Crippen LogP contribution in [0.3, 0.4) is 0 Å². The molecule has 0 spiro atoms. The number of nitrogens with one attached hydrogen (secondary N) is 1. The molecule has 1 N–H and O–H groups in total. The molecule has 170 valence electrons. The van der Waals surface area contributed by atoms with Gasteiger partial charge in [-0.3, -0.25) is 4.79 Å². The lowest BCUT2D eigenvalue weighted by molar-refractivity contribution is -0.133. The van der Waals surface area contributed by atoms with E-state index in [0.29, 0.717) is 19.0 Å². The van der Waals surface area contributed by atoms with Gasteiger partial charge >= 0.3 is 6.03 Å². The van der Waals surface area contributed by atoms with Crippen molar-refractivity contribution in [3.63, 3.8) is 0 Å². The number of urea groups is 1. The Hall–Kier alpha value is -2.76. The quantitative estimate of drug-likeness (QED) is 0.587. The Morgan fingerprint density at radius 2 is 1.77 bits per heavy atom. The Bertz CT molecular complexity index is 859. The van der Waals surface area contributed by atoms with Gasteiger partial charge in [-0.05, 0) is 49.4 Å². The Morgan fingerprint density at radius 1 is 1.06 bits per heavy atom. The molecule has 0 unspecified atom stereocenters. The van der Waals surface area contributed by atoms with Crippen molar-refractivity contribution in [1.29, 1.82) is 0 Å². The highest BCUT2D eigenvalue weighted by Gasteiger charge is 2.26. The van der Waals surface area contributed by atoms with Crippen LogP contribution in [0.25, 0.3) is 0 Å². The lowest BCUT2D eigenvalue weighted by atomic mass is 10.1. The zero-order valence-corrected chi connectivity index (χ0v) is 19.9. The number of aromatic nitrogens is 1. The number of rotatable bonds is 10. The van der Waals surface area contributed by atoms with Crippen LogP contribution in [0.15, 0.2) is 42.6 Å². The minimum Gasteiger partial charge on any atom is -0.353 e. The van der Waals surface area contributed by atoms with Crippen LogP contribution in [0.2, 0.25) is 0 Å². The fourth-order valence-electron chi connectivity index (χ4n) is 3.58. The smallest absolute Gasteiger partial charge is 0.322 e. The van der Waals surface area contributed by atoms with Crippen LogP contribution in [0.5, 0.6) is 0 Å². The highest BCUT2D eigenvalue weighted by Crippen LogP contribution is 2.18. The second-order valence-corrected chi connectivity index (χ2v) is 8.60. The molecule has 0 aliphatic heterocycles. The summed E-state index contributed by atoms with van der Waals surface area (Å²) in [6.45, 7) is 11.5. The van der Waals surface area contributed by atoms with Crippen molar-refractivity contribution in [3.05, 3.63) is 53.9 Å². The highest BCUT2D eigenvalue weighted by molar-refractivity contribution is 5.93. The average Bonchev–Trinajstić information content (AvgIpc) is 3.15. The second kappa shape index (κ2) is 11.6. The van der Waals surface area contributed by atoms with Gasteiger partial charge in [0.1, 0.15) is 6.54 Å². The molecule has 0 saturated carbocycles. The van der Waals surface area contributed by atoms with E-state index in [-0.39, 0.29) is 24.5 Å². The molecule has 1 atom stereocenters. The molecule has 6 heteroatoms. The van der Waals surface area contributed by atoms with Gasteiger partial charge in [0.05, 0.1) is 6.54 Å². The van der Waals surface area contributed by atoms with E-state index in [1.165, 1.54) is 0 Å². The van der Waals surface area contributed by atoms with Crippen molar-refractivity contribution >= 4 is 17.6 Å². The largest absolute Gasteiger partial charge is 0.353 e. The van der Waals surface area contributed by atoms with E-state index in [2.05, 4.69) is 26.1 Å². The number of aryl methyl sites for hydroxylation is 2. The molecule has 31 heavy (non-hydrogen) atoms. The number of carbonyl (C=O) groups is 2. The van der Waals surface area contributed by atoms with Crippen LogP contribution >= 0.6 is 0 Å². The van der Waals surface area contributed by atoms with E-state index in [1.807, 2.05) is 73.0 Å². The van der Waals surface area contributed by atoms with Gasteiger partial charge in [-0.1, -0.05) is 45.9 Å². The number of hydrogen-bond donors (Lipinski definition) is 1. The lowest BCUT2D eigenvalue weighted by Crippen LogP contribution is -2.48. The van der Waals surface area contributed by atoms with E-state index >= 15 is 0 Å². The van der Waals surface area contributed by atoms with Crippen LogP contribution in [0.4, 0.5) is 10.5 Å². The molecule has 2 aromatic rings. The third-order valence-electron chi connectivity index (χ3n) is 5.67. The summed E-state index contributed by atoms with van der Waals surface area (Å²) in [6, 6.07) is 11.5. The van der Waals surface area contributed by atoms with Gasteiger partial charge in [-0.25, -0.2) is 4.79 Å². The molecule has 6 nitrogen and oxygen atoms in total. The summed E-state index contributed by atoms with van der Waals surface area (Å²) in [4.78, 5) is 30.0. The summed E-state index contributed by atoms with van der Waals surface area (Å²) >= 11 is 0. The molecule has 3 amide bonds. The summed E-state index contributed by atoms with van der Waals surface area (Å²) in [7, 11) is 1.98. The summed E-state index contributed by atoms with van der Waals surface area (Å²) < 4.78 is 2.03. The van der Waals surface area contributed by atoms with Gasteiger partial charge in [0, 0.05) is 37.2 Å². The van der Waals surface area contributed by atoms with Crippen LogP contribution < -0.4 is 5.32 Å². The van der Waals surface area contributed by atoms with Gasteiger partial charge in [0.15, 0.2) is 0 Å². The molecule has 1 aromatic heterocycles. The van der Waals surface area contributed by atoms with E-state index in [0.717, 1.165) is 29.8 Å². The first kappa shape index (κ1) is 24.5. The third kappa shape index (κ3) is 6.88. The van der Waals surface area contributed by atoms with Crippen molar-refractivity contribution in [2.45, 2.75) is 60.0 Å². The molecular weight excluding hydrogens is 388 g/mol. The molecule has 0 radical (unpaired) electrons. The van der Waals surface area contributed by atoms with Crippen LogP contribution in [-0.2, 0) is 24.8 Å². The van der Waals surface area contributed by atoms with Crippen LogP contribution in [-0.4, -0.2) is 45.4 Å². The summed E-state index contributed by atoms with van der Waals surface area (Å²) in [6.07, 6.45) is 3.59. The maximum atomic E-state index is 13.3. The second-order valence-electron chi connectivity index (χ2n) is 8.60. The molecule has 0 bridgehead atoms. The van der Waals surface area contributed by atoms with Gasteiger partial charge < -0.3 is 19.7 Å². The molecule has 0 saturated heterocycles. The summed E-state index contributed by atoms with van der Waals surface area (Å²) in [5.41, 5.74) is 2.96. The lowest BCUT2D eigenvalue weighted by Gasteiger charge is -2.32. The Labute approximate surface area is 187 Å². The molecular formula is C25H38N4O2. The molecule has 0 fully saturated rings. The maximum absolute atomic E-state index is 13.3. The summed E-state index contributed by atoms with van der Waals surface area (Å²) in [5.74, 6) is 0.306. The van der Waals surface area contributed by atoms with E-state index in [4.69, 9.17) is 0 Å². The Kier molecular flexibility index (Phi) is 9.16. The minimum absolute atomic E-state index is 0.0332. The standard InChI is InChI=1S/C25H38N4O2/c1-7-20(5)29(25(31)26-23-14-10-9-12-21(23)8-2)18-24(30)28(16-19(3)4)17-22-13-11-15-27(22)6/h9-15,19-20H,7-8,16-18H2,1-6H3,(H,26,31)/t20-/m1/s1. The highest BCUT2D eigenvalue weighted by atomic mass is 16.2. The normalized spacial score (nSPS) is 12.0. The van der Waals surface area contributed by atoms with Gasteiger partial charge in [0.2, 0.25) is 5.91 Å². The number of carbonyl (C=O) groups excluding carboxylic acids is 2. The molecule has 0 aliphatic carbocycles. The first-order chi connectivity index (χ1) is 14.8. The van der Waals surface area contributed by atoms with Crippen molar-refractivity contribution < 1.29 is 9.59 Å². The Morgan fingerprint density at radius 3 is 2.35 bits per heavy atom. The predicted octanol–water partition coefficient (Wildman–Crippen LogP) is 4.90. The van der Waals surface area contributed by atoms with Crippen molar-refractivity contribution in [3.8, 4) is 0 Å². The van der Waals surface area contributed by atoms with Crippen molar-refractivity contribution in [2.75, 3.05) is 18.4 Å². The van der Waals surface area contributed by atoms with Crippen molar-refractivity contribution in [2.24, 2.45) is 13.0 Å². The minimum atomic E-state index is -0.230. The van der Waals surface area contributed by atoms with Crippen LogP contribution in [0.1, 0.15) is 52.3 Å². The Balaban J connectivity index is 2.19. The number of nitrogens with zero attached hydrogens (tertiary/aromatic N) is 3. The zero-order valence-electron chi connectivity index (χ0n) is 19.9. The zero-order chi connectivity index (χ0) is 23.0. The number of hydrogen-bond acceptors (Lipinski definition) is 2. The predicted molar refractivity (Wildman–Crippen MR) is 127 cm³/mol. The van der Waals surface area contributed by atoms with Gasteiger partial charge in [0.25, 0.3) is 0 Å². The maximum Gasteiger partial charge on any atom is 0.322 e. The van der Waals surface area contributed by atoms with Crippen molar-refractivity contribution in [1.82, 2.24) is 14.4 Å². The van der Waals surface area contributed by atoms with E-state index in [1.54, 1.807) is 4.90 Å². The molecule has 1 heterocycles. The molecule has 0 aliphatic rings. The average molecular weight is 427 g/mol. The van der Waals surface area contributed by atoms with Gasteiger partial charge in [-0.15, -0.1) is 0 Å². The number of anilines is 1. The topological polar surface area (TPSA) is 57.6 Å². The first-order valence-corrected chi connectivity index (χ1v) is 11.3. The number of para-hydroxylation sites is 1. The van der Waals surface area contributed by atoms with E-state index < -0.39 is 0 Å². The number of amides is 3. The molecule has 2 rings (SSSR count).